The van der Waals surface area contributed by atoms with E-state index < -0.39 is 9.71 Å². The third-order valence-electron chi connectivity index (χ3n) is 0.149. The summed E-state index contributed by atoms with van der Waals surface area (Å²) < 4.78 is -0.420. The van der Waals surface area contributed by atoms with E-state index in [1.54, 1.807) is 0 Å². The van der Waals surface area contributed by atoms with Gasteiger partial charge in [-0.3, -0.25) is 5.11 Å². The Morgan fingerprint density at radius 1 is 1.17 bits per heavy atom. The van der Waals surface area contributed by atoms with E-state index in [-0.39, 0.29) is 0 Å². The summed E-state index contributed by atoms with van der Waals surface area (Å²) in [5, 5.41) is 8.79. The van der Waals surface area contributed by atoms with Gasteiger partial charge in [-0.05, 0) is 11.6 Å². The van der Waals surface area contributed by atoms with Gasteiger partial charge in [-0.15, -0.1) is 0 Å². The zero-order chi connectivity index (χ0) is 5.15. The summed E-state index contributed by atoms with van der Waals surface area (Å²) in [6, 6.07) is 0. The van der Waals surface area contributed by atoms with Gasteiger partial charge in [0.2, 0.25) is 0 Å². The summed E-state index contributed by atoms with van der Waals surface area (Å²) in [5.41, 5.74) is 0. The molecule has 0 aliphatic heterocycles. The van der Waals surface area contributed by atoms with Crippen LogP contribution in [-0.4, -0.2) is 0 Å². The summed E-state index contributed by atoms with van der Waals surface area (Å²) in [7, 11) is 0. The molecule has 0 aromatic rings. The van der Waals surface area contributed by atoms with Crippen molar-refractivity contribution in [3.05, 3.63) is 9.71 Å². The van der Waals surface area contributed by atoms with Crippen molar-refractivity contribution in [2.45, 2.75) is 0 Å². The summed E-state index contributed by atoms with van der Waals surface area (Å²) in [6.45, 7) is 0. The second-order valence-corrected chi connectivity index (χ2v) is 1.83. The third kappa shape index (κ3) is 2.64. The minimum absolute atomic E-state index is 0.420. The second kappa shape index (κ2) is 2.56. The highest BCUT2D eigenvalue weighted by Crippen LogP contribution is 2.14. The zero-order valence-corrected chi connectivity index (χ0v) is 4.81. The third-order valence-corrected chi connectivity index (χ3v) is 0.874. The molecule has 0 heterocycles. The molecule has 0 atom stereocenters. The lowest BCUT2D eigenvalue weighted by atomic mass is 11.1. The van der Waals surface area contributed by atoms with Gasteiger partial charge in [-0.2, -0.15) is 0 Å². The molecule has 0 bridgehead atoms. The highest BCUT2D eigenvalue weighted by molar-refractivity contribution is 6.58. The number of hydrogen-bond acceptors (Lipinski definition) is 0. The van der Waals surface area contributed by atoms with Crippen molar-refractivity contribution in [1.29, 1.82) is 0 Å². The van der Waals surface area contributed by atoms with Gasteiger partial charge < -0.3 is 0 Å². The minimum Gasteiger partial charge on any atom is -0.274 e. The van der Waals surface area contributed by atoms with Gasteiger partial charge in [0.1, 0.15) is 0 Å². The molecule has 0 unspecified atom stereocenters. The van der Waals surface area contributed by atoms with Crippen molar-refractivity contribution >= 4 is 34.8 Å². The zero-order valence-electron chi connectivity index (χ0n) is 2.54. The molecule has 6 heavy (non-hydrogen) atoms. The molecule has 0 fully saturated rings. The van der Waals surface area contributed by atoms with Crippen LogP contribution in [0.15, 0.2) is 9.71 Å². The van der Waals surface area contributed by atoms with Crippen LogP contribution in [0.5, 0.6) is 0 Å². The van der Waals surface area contributed by atoms with Crippen molar-refractivity contribution in [3.8, 4) is 0 Å². The number of hydrogen-bond donors (Lipinski definition) is 0. The molecule has 0 saturated heterocycles. The normalized spacial score (nSPS) is 7.83. The molecule has 0 N–H and O–H groups in total. The number of halogens is 3. The second-order valence-electron chi connectivity index (χ2n) is 0.534. The predicted molar refractivity (Wildman–Crippen MR) is 25.3 cm³/mol. The fraction of sp³-hybridized carbons (Fsp3) is 0. The lowest BCUT2D eigenvalue weighted by Gasteiger charge is -1.73. The van der Waals surface area contributed by atoms with Crippen molar-refractivity contribution in [2.24, 2.45) is 0 Å². The van der Waals surface area contributed by atoms with Crippen molar-refractivity contribution < 1.29 is 5.11 Å². The minimum atomic E-state index is -0.821. The van der Waals surface area contributed by atoms with Gasteiger partial charge in [0.05, 0.1) is 0 Å². The van der Waals surface area contributed by atoms with E-state index in [1.807, 2.05) is 0 Å². The Bertz CT molecular complexity index is 58.9. The van der Waals surface area contributed by atoms with E-state index in [4.69, 9.17) is 23.2 Å². The molecule has 0 aromatic carbocycles. The SMILES string of the molecule is [O]C(Cl)=C(Cl)Cl. The van der Waals surface area contributed by atoms with E-state index in [9.17, 15) is 5.11 Å². The lowest BCUT2D eigenvalue weighted by molar-refractivity contribution is 0.332. The van der Waals surface area contributed by atoms with E-state index >= 15 is 0 Å². The Kier molecular flexibility index (Phi) is 2.74. The first-order valence-electron chi connectivity index (χ1n) is 1.02. The van der Waals surface area contributed by atoms with Gasteiger partial charge >= 0.3 is 0 Å². The molecule has 0 amide bonds. The maximum absolute atomic E-state index is 9.61. The average molecular weight is 146 g/mol. The van der Waals surface area contributed by atoms with Gasteiger partial charge in [0.15, 0.2) is 4.49 Å². The molecule has 0 rings (SSSR count). The Morgan fingerprint density at radius 3 is 1.33 bits per heavy atom. The summed E-state index contributed by atoms with van der Waals surface area (Å²) in [6.07, 6.45) is 0. The molecule has 0 aromatic heterocycles. The fourth-order valence-corrected chi connectivity index (χ4v) is 0. The quantitative estimate of drug-likeness (QED) is 0.467. The van der Waals surface area contributed by atoms with Crippen molar-refractivity contribution in [3.63, 3.8) is 0 Å². The first-order chi connectivity index (χ1) is 2.64. The fourth-order valence-electron chi connectivity index (χ4n) is 0. The van der Waals surface area contributed by atoms with E-state index in [0.717, 1.165) is 0 Å². The molecule has 0 spiro atoms. The van der Waals surface area contributed by atoms with Crippen LogP contribution in [0.4, 0.5) is 0 Å². The summed E-state index contributed by atoms with van der Waals surface area (Å²) in [4.78, 5) is 0. The lowest BCUT2D eigenvalue weighted by Crippen LogP contribution is -1.57. The molecule has 0 saturated carbocycles. The molecule has 1 radical (unpaired) electrons. The largest absolute Gasteiger partial charge is 0.275 e. The molecule has 0 aliphatic carbocycles. The van der Waals surface area contributed by atoms with Crippen LogP contribution in [0.25, 0.3) is 0 Å². The molecule has 4 heteroatoms. The van der Waals surface area contributed by atoms with Crippen LogP contribution >= 0.6 is 34.8 Å². The highest BCUT2D eigenvalue weighted by atomic mass is 35.5. The summed E-state index contributed by atoms with van der Waals surface area (Å²) >= 11 is 14.3. The van der Waals surface area contributed by atoms with Crippen LogP contribution < -0.4 is 0 Å². The van der Waals surface area contributed by atoms with Gasteiger partial charge in [0.25, 0.3) is 5.22 Å². The maximum atomic E-state index is 9.61. The first kappa shape index (κ1) is 6.41. The Hall–Kier alpha value is 0.410. The Morgan fingerprint density at radius 2 is 1.33 bits per heavy atom. The Labute approximate surface area is 50.1 Å². The van der Waals surface area contributed by atoms with Crippen LogP contribution in [-0.2, 0) is 5.11 Å². The van der Waals surface area contributed by atoms with Crippen LogP contribution in [0.1, 0.15) is 0 Å². The van der Waals surface area contributed by atoms with Crippen LogP contribution in [0.3, 0.4) is 0 Å². The average Bonchev–Trinajstić information content (AvgIpc) is 1.36. The molecule has 0 aliphatic rings. The first-order valence-corrected chi connectivity index (χ1v) is 2.15. The topological polar surface area (TPSA) is 19.9 Å². The smallest absolute Gasteiger partial charge is 0.274 e. The molecule has 1 nitrogen and oxygen atoms in total. The molecular formula is C2Cl3O. The van der Waals surface area contributed by atoms with Gasteiger partial charge in [-0.25, -0.2) is 0 Å². The van der Waals surface area contributed by atoms with Crippen LogP contribution in [0, 0.1) is 0 Å². The van der Waals surface area contributed by atoms with Crippen molar-refractivity contribution in [2.75, 3.05) is 0 Å². The van der Waals surface area contributed by atoms with E-state index in [2.05, 4.69) is 11.6 Å². The highest BCUT2D eigenvalue weighted by Gasteiger charge is 1.92. The predicted octanol–water partition coefficient (Wildman–Crippen LogP) is 2.26. The van der Waals surface area contributed by atoms with Crippen molar-refractivity contribution in [1.82, 2.24) is 0 Å². The standard InChI is InChI=1S/C2Cl3O/c3-1(4)2(5)6. The summed E-state index contributed by atoms with van der Waals surface area (Å²) in [5.74, 6) is 0. The van der Waals surface area contributed by atoms with Gasteiger partial charge in [-0.1, -0.05) is 23.2 Å². The van der Waals surface area contributed by atoms with E-state index in [0.29, 0.717) is 0 Å². The van der Waals surface area contributed by atoms with Crippen LogP contribution in [0.2, 0.25) is 0 Å². The molecule has 35 valence electrons. The molecular weight excluding hydrogens is 146 g/mol. The Balaban J connectivity index is 3.68. The van der Waals surface area contributed by atoms with Gasteiger partial charge in [0, 0.05) is 0 Å². The monoisotopic (exact) mass is 145 g/mol. The van der Waals surface area contributed by atoms with E-state index in [1.165, 1.54) is 0 Å². The maximum Gasteiger partial charge on any atom is 0.275 e. The number of rotatable bonds is 0.